The monoisotopic (exact) mass is 443 g/mol. The normalized spacial score (nSPS) is 14.8. The zero-order valence-corrected chi connectivity index (χ0v) is 18.3. The highest BCUT2D eigenvalue weighted by molar-refractivity contribution is 6.30. The van der Waals surface area contributed by atoms with Gasteiger partial charge in [-0.15, -0.1) is 0 Å². The minimum Gasteiger partial charge on any atom is -0.495 e. The van der Waals surface area contributed by atoms with Crippen molar-refractivity contribution in [1.29, 1.82) is 0 Å². The van der Waals surface area contributed by atoms with Crippen LogP contribution >= 0.6 is 11.6 Å². The fraction of sp³-hybridized carbons (Fsp3) is 0.115. The summed E-state index contributed by atoms with van der Waals surface area (Å²) >= 11 is 6.16. The Labute approximate surface area is 191 Å². The van der Waals surface area contributed by atoms with E-state index >= 15 is 0 Å². The van der Waals surface area contributed by atoms with Crippen LogP contribution in [0.5, 0.6) is 5.75 Å². The average molecular weight is 444 g/mol. The lowest BCUT2D eigenvalue weighted by atomic mass is 10.0. The third-order valence-electron chi connectivity index (χ3n) is 5.76. The Hall–Kier alpha value is -3.70. The molecule has 0 saturated heterocycles. The predicted octanol–water partition coefficient (Wildman–Crippen LogP) is 6.28. The lowest BCUT2D eigenvalue weighted by molar-refractivity contribution is 0.194. The maximum absolute atomic E-state index is 13.7. The van der Waals surface area contributed by atoms with Crippen LogP contribution in [-0.2, 0) is 6.54 Å². The number of nitrogens with zero attached hydrogens (tertiary/aromatic N) is 2. The van der Waals surface area contributed by atoms with Gasteiger partial charge in [0.1, 0.15) is 5.75 Å². The van der Waals surface area contributed by atoms with Crippen molar-refractivity contribution in [3.63, 3.8) is 0 Å². The largest absolute Gasteiger partial charge is 0.495 e. The summed E-state index contributed by atoms with van der Waals surface area (Å²) in [6, 6.07) is 26.8. The van der Waals surface area contributed by atoms with E-state index in [0.29, 0.717) is 23.0 Å². The van der Waals surface area contributed by atoms with Crippen molar-refractivity contribution in [1.82, 2.24) is 9.47 Å². The summed E-state index contributed by atoms with van der Waals surface area (Å²) in [5, 5.41) is 3.71. The molecule has 160 valence electrons. The molecular formula is C26H22ClN3O2. The molecule has 0 spiro atoms. The lowest BCUT2D eigenvalue weighted by Crippen LogP contribution is -2.38. The van der Waals surface area contributed by atoms with Crippen molar-refractivity contribution >= 4 is 23.3 Å². The molecule has 2 amide bonds. The molecule has 5 rings (SSSR count). The zero-order valence-electron chi connectivity index (χ0n) is 17.5. The first-order valence-corrected chi connectivity index (χ1v) is 10.7. The number of ether oxygens (including phenoxy) is 1. The number of halogens is 1. The molecule has 0 radical (unpaired) electrons. The van der Waals surface area contributed by atoms with E-state index in [1.165, 1.54) is 0 Å². The molecule has 32 heavy (non-hydrogen) atoms. The fourth-order valence-electron chi connectivity index (χ4n) is 4.27. The Morgan fingerprint density at radius 2 is 1.72 bits per heavy atom. The molecule has 1 aliphatic heterocycles. The number of aromatic nitrogens is 1. The van der Waals surface area contributed by atoms with Gasteiger partial charge in [-0.2, -0.15) is 0 Å². The van der Waals surface area contributed by atoms with E-state index in [2.05, 4.69) is 28.1 Å². The van der Waals surface area contributed by atoms with Gasteiger partial charge in [0.2, 0.25) is 0 Å². The Kier molecular flexibility index (Phi) is 5.33. The maximum Gasteiger partial charge on any atom is 0.323 e. The zero-order chi connectivity index (χ0) is 22.1. The summed E-state index contributed by atoms with van der Waals surface area (Å²) < 4.78 is 7.59. The number of hydrogen-bond donors (Lipinski definition) is 1. The van der Waals surface area contributed by atoms with E-state index in [4.69, 9.17) is 16.3 Å². The van der Waals surface area contributed by atoms with Gasteiger partial charge < -0.3 is 19.5 Å². The SMILES string of the molecule is COc1ccccc1NC(=O)N1Cc2ccccc2-n2cccc2C1c1ccc(Cl)cc1. The van der Waals surface area contributed by atoms with Crippen LogP contribution in [0.4, 0.5) is 10.5 Å². The Morgan fingerprint density at radius 3 is 2.53 bits per heavy atom. The second-order valence-corrected chi connectivity index (χ2v) is 8.08. The van der Waals surface area contributed by atoms with Crippen LogP contribution in [0, 0.1) is 0 Å². The highest BCUT2D eigenvalue weighted by Gasteiger charge is 2.33. The number of nitrogens with one attached hydrogen (secondary N) is 1. The van der Waals surface area contributed by atoms with Gasteiger partial charge in [0, 0.05) is 16.9 Å². The summed E-state index contributed by atoms with van der Waals surface area (Å²) in [7, 11) is 1.59. The third-order valence-corrected chi connectivity index (χ3v) is 6.01. The number of rotatable bonds is 3. The molecule has 1 aromatic heterocycles. The van der Waals surface area contributed by atoms with Gasteiger partial charge in [-0.1, -0.05) is 54.1 Å². The van der Waals surface area contributed by atoms with Gasteiger partial charge in [-0.3, -0.25) is 0 Å². The molecule has 6 heteroatoms. The molecule has 1 aliphatic rings. The van der Waals surface area contributed by atoms with E-state index in [1.54, 1.807) is 7.11 Å². The smallest absolute Gasteiger partial charge is 0.323 e. The quantitative estimate of drug-likeness (QED) is 0.405. The molecule has 0 aliphatic carbocycles. The van der Waals surface area contributed by atoms with Gasteiger partial charge in [0.05, 0.1) is 31.1 Å². The average Bonchev–Trinajstić information content (AvgIpc) is 3.24. The molecule has 1 N–H and O–H groups in total. The van der Waals surface area contributed by atoms with Gasteiger partial charge >= 0.3 is 6.03 Å². The number of carbonyl (C=O) groups is 1. The van der Waals surface area contributed by atoms with Crippen LogP contribution in [-0.4, -0.2) is 22.6 Å². The first kappa shape index (κ1) is 20.2. The molecule has 3 aromatic carbocycles. The number of benzene rings is 3. The molecule has 4 aromatic rings. The van der Waals surface area contributed by atoms with Crippen LogP contribution in [0.1, 0.15) is 22.9 Å². The topological polar surface area (TPSA) is 46.5 Å². The van der Waals surface area contributed by atoms with Crippen LogP contribution < -0.4 is 10.1 Å². The maximum atomic E-state index is 13.7. The number of anilines is 1. The van der Waals surface area contributed by atoms with E-state index in [0.717, 1.165) is 22.5 Å². The van der Waals surface area contributed by atoms with Crippen molar-refractivity contribution in [2.24, 2.45) is 0 Å². The molecule has 2 heterocycles. The standard InChI is InChI=1S/C26H22ClN3O2/c1-32-24-11-5-3-8-21(24)28-26(31)30-17-19-7-2-4-9-22(19)29-16-6-10-23(29)25(30)18-12-14-20(27)15-13-18/h2-16,25H,17H2,1H3,(H,28,31). The summed E-state index contributed by atoms with van der Waals surface area (Å²) in [4.78, 5) is 15.6. The van der Waals surface area contributed by atoms with Gasteiger partial charge in [-0.05, 0) is 53.6 Å². The second-order valence-electron chi connectivity index (χ2n) is 7.64. The number of urea groups is 1. The van der Waals surface area contributed by atoms with Crippen molar-refractivity contribution in [3.05, 3.63) is 113 Å². The third kappa shape index (κ3) is 3.61. The van der Waals surface area contributed by atoms with Crippen LogP contribution in [0.3, 0.4) is 0 Å². The lowest BCUT2D eigenvalue weighted by Gasteiger charge is -2.31. The molecular weight excluding hydrogens is 422 g/mol. The summed E-state index contributed by atoms with van der Waals surface area (Å²) in [5.41, 5.74) is 4.75. The van der Waals surface area contributed by atoms with Crippen molar-refractivity contribution in [2.75, 3.05) is 12.4 Å². The minimum atomic E-state index is -0.302. The fourth-order valence-corrected chi connectivity index (χ4v) is 4.40. The number of hydrogen-bond acceptors (Lipinski definition) is 2. The molecule has 0 saturated carbocycles. The van der Waals surface area contributed by atoms with Gasteiger partial charge in [0.15, 0.2) is 0 Å². The Morgan fingerprint density at radius 1 is 0.969 bits per heavy atom. The molecule has 1 atom stereocenters. The number of methoxy groups -OCH3 is 1. The number of fused-ring (bicyclic) bond motifs is 3. The molecule has 0 bridgehead atoms. The molecule has 1 unspecified atom stereocenters. The number of para-hydroxylation sites is 3. The minimum absolute atomic E-state index is 0.209. The van der Waals surface area contributed by atoms with Crippen molar-refractivity contribution < 1.29 is 9.53 Å². The summed E-state index contributed by atoms with van der Waals surface area (Å²) in [6.45, 7) is 0.451. The summed E-state index contributed by atoms with van der Waals surface area (Å²) in [6.07, 6.45) is 2.04. The Balaban J connectivity index is 1.63. The van der Waals surface area contributed by atoms with Gasteiger partial charge in [-0.25, -0.2) is 4.79 Å². The summed E-state index contributed by atoms with van der Waals surface area (Å²) in [5.74, 6) is 0.613. The first-order valence-electron chi connectivity index (χ1n) is 10.4. The van der Waals surface area contributed by atoms with Crippen LogP contribution in [0.2, 0.25) is 5.02 Å². The molecule has 0 fully saturated rings. The van der Waals surface area contributed by atoms with E-state index in [-0.39, 0.29) is 12.1 Å². The Bertz CT molecular complexity index is 1270. The van der Waals surface area contributed by atoms with Crippen LogP contribution in [0.25, 0.3) is 5.69 Å². The highest BCUT2D eigenvalue weighted by atomic mass is 35.5. The van der Waals surface area contributed by atoms with E-state index in [1.807, 2.05) is 77.8 Å². The van der Waals surface area contributed by atoms with E-state index < -0.39 is 0 Å². The molecule has 5 nitrogen and oxygen atoms in total. The van der Waals surface area contributed by atoms with Crippen LogP contribution in [0.15, 0.2) is 91.1 Å². The van der Waals surface area contributed by atoms with Gasteiger partial charge in [0.25, 0.3) is 0 Å². The first-order chi connectivity index (χ1) is 15.7. The highest BCUT2D eigenvalue weighted by Crippen LogP contribution is 2.37. The number of carbonyl (C=O) groups excluding carboxylic acids is 1. The van der Waals surface area contributed by atoms with E-state index in [9.17, 15) is 4.79 Å². The predicted molar refractivity (Wildman–Crippen MR) is 127 cm³/mol. The van der Waals surface area contributed by atoms with Crippen molar-refractivity contribution in [3.8, 4) is 11.4 Å². The van der Waals surface area contributed by atoms with Crippen molar-refractivity contribution in [2.45, 2.75) is 12.6 Å². The number of amides is 2. The second kappa shape index (κ2) is 8.44.